The second-order valence-electron chi connectivity index (χ2n) is 8.38. The highest BCUT2D eigenvalue weighted by molar-refractivity contribution is 6.01. The molecule has 0 amide bonds. The Kier molecular flexibility index (Phi) is 3.12. The summed E-state index contributed by atoms with van der Waals surface area (Å²) in [7, 11) is 0. The lowest BCUT2D eigenvalue weighted by molar-refractivity contribution is -0.190. The van der Waals surface area contributed by atoms with Gasteiger partial charge in [-0.15, -0.1) is 0 Å². The summed E-state index contributed by atoms with van der Waals surface area (Å²) in [6, 6.07) is 0. The van der Waals surface area contributed by atoms with Gasteiger partial charge in [0, 0.05) is 16.7 Å². The first-order chi connectivity index (χ1) is 11.1. The molecule has 3 saturated carbocycles. The van der Waals surface area contributed by atoms with Gasteiger partial charge in [-0.05, 0) is 50.7 Å². The first kappa shape index (κ1) is 16.2. The Balaban J connectivity index is 1.84. The van der Waals surface area contributed by atoms with Gasteiger partial charge in [0.05, 0.1) is 6.10 Å². The number of carbonyl (C=O) groups is 2. The first-order valence-corrected chi connectivity index (χ1v) is 8.68. The molecule has 2 N–H and O–H groups in total. The van der Waals surface area contributed by atoms with Crippen LogP contribution in [-0.2, 0) is 9.59 Å². The van der Waals surface area contributed by atoms with Crippen molar-refractivity contribution < 1.29 is 24.2 Å². The van der Waals surface area contributed by atoms with Gasteiger partial charge in [0.25, 0.3) is 0 Å². The summed E-state index contributed by atoms with van der Waals surface area (Å²) in [6.07, 6.45) is 3.43. The molecule has 1 unspecified atom stereocenters. The van der Waals surface area contributed by atoms with E-state index in [-0.39, 0.29) is 30.3 Å². The Labute approximate surface area is 140 Å². The number of fused-ring (bicyclic) bond motifs is 5. The number of alkyl halides is 1. The van der Waals surface area contributed by atoms with Crippen LogP contribution in [-0.4, -0.2) is 39.7 Å². The summed E-state index contributed by atoms with van der Waals surface area (Å²) in [4.78, 5) is 24.1. The van der Waals surface area contributed by atoms with E-state index >= 15 is 4.39 Å². The lowest BCUT2D eigenvalue weighted by atomic mass is 9.46. The molecule has 3 fully saturated rings. The molecule has 0 aliphatic heterocycles. The van der Waals surface area contributed by atoms with Gasteiger partial charge in [-0.1, -0.05) is 18.6 Å². The fourth-order valence-electron chi connectivity index (χ4n) is 6.01. The normalized spacial score (nSPS) is 53.3. The highest BCUT2D eigenvalue weighted by atomic mass is 19.1. The second kappa shape index (κ2) is 4.64. The number of ketones is 2. The number of hydrogen-bond donors (Lipinski definition) is 2. The molecule has 4 aliphatic carbocycles. The summed E-state index contributed by atoms with van der Waals surface area (Å²) in [5, 5.41) is 20.9. The molecule has 0 spiro atoms. The SMILES string of the molecule is C[C@]12C=CC(=O)C=C1CC[C@H]1[C@@H]3C[C@@H](O)C(=O)[C@@]3(C)C[C@H](O)C12F. The molecule has 4 nitrogen and oxygen atoms in total. The van der Waals surface area contributed by atoms with Crippen molar-refractivity contribution in [1.29, 1.82) is 0 Å². The Bertz CT molecular complexity index is 697. The van der Waals surface area contributed by atoms with Crippen LogP contribution in [0, 0.1) is 22.7 Å². The number of halogens is 1. The molecule has 4 rings (SSSR count). The summed E-state index contributed by atoms with van der Waals surface area (Å²) < 4.78 is 16.5. The molecule has 130 valence electrons. The minimum absolute atomic E-state index is 0.0191. The van der Waals surface area contributed by atoms with E-state index in [0.717, 1.165) is 5.57 Å². The Morgan fingerprint density at radius 1 is 1.21 bits per heavy atom. The first-order valence-electron chi connectivity index (χ1n) is 8.68. The number of hydrogen-bond acceptors (Lipinski definition) is 4. The van der Waals surface area contributed by atoms with Crippen LogP contribution in [0.5, 0.6) is 0 Å². The summed E-state index contributed by atoms with van der Waals surface area (Å²) in [6.45, 7) is 3.50. The maximum atomic E-state index is 16.5. The van der Waals surface area contributed by atoms with E-state index in [2.05, 4.69) is 0 Å². The zero-order valence-corrected chi connectivity index (χ0v) is 14.0. The topological polar surface area (TPSA) is 74.6 Å². The van der Waals surface area contributed by atoms with Gasteiger partial charge in [0.2, 0.25) is 0 Å². The third-order valence-electron chi connectivity index (χ3n) is 7.37. The lowest BCUT2D eigenvalue weighted by Gasteiger charge is -2.60. The highest BCUT2D eigenvalue weighted by Gasteiger charge is 2.71. The van der Waals surface area contributed by atoms with E-state index in [9.17, 15) is 19.8 Å². The van der Waals surface area contributed by atoms with Crippen LogP contribution in [0.15, 0.2) is 23.8 Å². The van der Waals surface area contributed by atoms with E-state index in [0.29, 0.717) is 12.8 Å². The maximum Gasteiger partial charge on any atom is 0.178 e. The molecule has 0 saturated heterocycles. The van der Waals surface area contributed by atoms with Crippen LogP contribution in [0.1, 0.15) is 39.5 Å². The fraction of sp³-hybridized carbons (Fsp3) is 0.684. The van der Waals surface area contributed by atoms with Crippen molar-refractivity contribution in [3.8, 4) is 0 Å². The number of aliphatic hydroxyl groups is 2. The van der Waals surface area contributed by atoms with Crippen LogP contribution in [0.2, 0.25) is 0 Å². The smallest absolute Gasteiger partial charge is 0.178 e. The van der Waals surface area contributed by atoms with Crippen molar-refractivity contribution in [2.75, 3.05) is 0 Å². The molecule has 7 atom stereocenters. The summed E-state index contributed by atoms with van der Waals surface area (Å²) in [5.41, 5.74) is -3.12. The van der Waals surface area contributed by atoms with Gasteiger partial charge in [-0.2, -0.15) is 0 Å². The average Bonchev–Trinajstić information content (AvgIpc) is 2.74. The van der Waals surface area contributed by atoms with Crippen molar-refractivity contribution in [3.63, 3.8) is 0 Å². The largest absolute Gasteiger partial charge is 0.390 e. The predicted molar refractivity (Wildman–Crippen MR) is 84.8 cm³/mol. The quantitative estimate of drug-likeness (QED) is 0.709. The summed E-state index contributed by atoms with van der Waals surface area (Å²) in [5.74, 6) is -1.20. The number of carbonyl (C=O) groups excluding carboxylic acids is 2. The van der Waals surface area contributed by atoms with Crippen molar-refractivity contribution >= 4 is 11.6 Å². The minimum Gasteiger partial charge on any atom is -0.390 e. The second-order valence-corrected chi connectivity index (χ2v) is 8.38. The molecule has 0 bridgehead atoms. The molecule has 0 aromatic rings. The van der Waals surface area contributed by atoms with Crippen LogP contribution < -0.4 is 0 Å². The zero-order valence-electron chi connectivity index (χ0n) is 14.0. The van der Waals surface area contributed by atoms with Gasteiger partial charge < -0.3 is 10.2 Å². The fourth-order valence-corrected chi connectivity index (χ4v) is 6.01. The van der Waals surface area contributed by atoms with E-state index in [1.807, 2.05) is 0 Å². The molecule has 4 aliphatic rings. The van der Waals surface area contributed by atoms with Crippen LogP contribution in [0.4, 0.5) is 4.39 Å². The molecule has 24 heavy (non-hydrogen) atoms. The van der Waals surface area contributed by atoms with E-state index in [1.54, 1.807) is 19.9 Å². The number of allylic oxidation sites excluding steroid dienone is 4. The van der Waals surface area contributed by atoms with Gasteiger partial charge in [0.15, 0.2) is 17.2 Å². The maximum absolute atomic E-state index is 16.5. The van der Waals surface area contributed by atoms with E-state index < -0.39 is 34.6 Å². The molecule has 5 heteroatoms. The third-order valence-corrected chi connectivity index (χ3v) is 7.37. The van der Waals surface area contributed by atoms with Crippen molar-refractivity contribution in [2.24, 2.45) is 22.7 Å². The molecule has 0 aromatic carbocycles. The third kappa shape index (κ3) is 1.65. The van der Waals surface area contributed by atoms with Crippen molar-refractivity contribution in [1.82, 2.24) is 0 Å². The average molecular weight is 334 g/mol. The molecule has 0 radical (unpaired) electrons. The van der Waals surface area contributed by atoms with Gasteiger partial charge in [-0.25, -0.2) is 4.39 Å². The van der Waals surface area contributed by atoms with E-state index in [4.69, 9.17) is 0 Å². The number of Topliss-reactive ketones (excluding diaryl/α,β-unsaturated/α-hetero) is 1. The van der Waals surface area contributed by atoms with Crippen LogP contribution in [0.25, 0.3) is 0 Å². The Hall–Kier alpha value is -1.33. The van der Waals surface area contributed by atoms with Crippen LogP contribution >= 0.6 is 0 Å². The molecule has 0 aromatic heterocycles. The van der Waals surface area contributed by atoms with Crippen molar-refractivity contribution in [2.45, 2.75) is 57.4 Å². The Morgan fingerprint density at radius 2 is 1.92 bits per heavy atom. The predicted octanol–water partition coefficient (Wildman–Crippen LogP) is 1.90. The monoisotopic (exact) mass is 334 g/mol. The van der Waals surface area contributed by atoms with Gasteiger partial charge in [0.1, 0.15) is 6.10 Å². The van der Waals surface area contributed by atoms with E-state index in [1.165, 1.54) is 12.2 Å². The van der Waals surface area contributed by atoms with Gasteiger partial charge in [-0.3, -0.25) is 9.59 Å². The standard InChI is InChI=1S/C19H23FO4/c1-17-9-15(23)19(20)12(13(17)8-14(22)16(17)24)4-3-10-7-11(21)5-6-18(10,19)2/h5-7,12-15,22-23H,3-4,8-9H2,1-2H3/t12-,13-,14+,15-,17-,18-,19?/m0/s1. The minimum atomic E-state index is -1.93. The lowest BCUT2D eigenvalue weighted by Crippen LogP contribution is -2.66. The zero-order chi connectivity index (χ0) is 17.5. The van der Waals surface area contributed by atoms with Crippen molar-refractivity contribution in [3.05, 3.63) is 23.8 Å². The number of rotatable bonds is 0. The summed E-state index contributed by atoms with van der Waals surface area (Å²) >= 11 is 0. The van der Waals surface area contributed by atoms with Crippen LogP contribution in [0.3, 0.4) is 0 Å². The molecular formula is C19H23FO4. The van der Waals surface area contributed by atoms with Gasteiger partial charge >= 0.3 is 0 Å². The Morgan fingerprint density at radius 3 is 2.62 bits per heavy atom. The highest BCUT2D eigenvalue weighted by Crippen LogP contribution is 2.66. The molecule has 0 heterocycles. The number of aliphatic hydroxyl groups excluding tert-OH is 2. The molecular weight excluding hydrogens is 311 g/mol.